The van der Waals surface area contributed by atoms with E-state index in [0.717, 1.165) is 0 Å². The Morgan fingerprint density at radius 1 is 1.24 bits per heavy atom. The first-order valence-corrected chi connectivity index (χ1v) is 7.06. The predicted molar refractivity (Wildman–Crippen MR) is 76.4 cm³/mol. The van der Waals surface area contributed by atoms with E-state index in [2.05, 4.69) is 5.32 Å². The molecule has 0 aromatic heterocycles. The molecule has 21 heavy (non-hydrogen) atoms. The van der Waals surface area contributed by atoms with Crippen LogP contribution in [0.1, 0.15) is 25.0 Å². The van der Waals surface area contributed by atoms with Crippen molar-refractivity contribution in [3.05, 3.63) is 29.3 Å². The van der Waals surface area contributed by atoms with Crippen molar-refractivity contribution in [3.8, 4) is 0 Å². The Balaban J connectivity index is 2.33. The van der Waals surface area contributed by atoms with Crippen LogP contribution >= 0.6 is 0 Å². The Morgan fingerprint density at radius 2 is 1.86 bits per heavy atom. The molecule has 0 saturated carbocycles. The first-order valence-electron chi connectivity index (χ1n) is 7.06. The Labute approximate surface area is 123 Å². The van der Waals surface area contributed by atoms with Crippen molar-refractivity contribution in [1.82, 2.24) is 5.32 Å². The number of anilines is 1. The number of ether oxygens (including phenoxy) is 1. The molecule has 0 spiro atoms. The zero-order valence-corrected chi connectivity index (χ0v) is 12.5. The first-order chi connectivity index (χ1) is 9.81. The predicted octanol–water partition coefficient (Wildman–Crippen LogP) is 3.04. The van der Waals surface area contributed by atoms with Gasteiger partial charge < -0.3 is 15.0 Å². The van der Waals surface area contributed by atoms with Crippen LogP contribution < -0.4 is 10.2 Å². The number of hydrogen-bond acceptors (Lipinski definition) is 3. The number of nitrogens with zero attached hydrogens (tertiary/aromatic N) is 1. The molecule has 0 bridgehead atoms. The maximum absolute atomic E-state index is 13.2. The summed E-state index contributed by atoms with van der Waals surface area (Å²) in [5, 5.41) is 2.78. The highest BCUT2D eigenvalue weighted by Crippen LogP contribution is 2.35. The van der Waals surface area contributed by atoms with Gasteiger partial charge in [0.05, 0.1) is 17.8 Å². The highest BCUT2D eigenvalue weighted by molar-refractivity contribution is 5.52. The van der Waals surface area contributed by atoms with Gasteiger partial charge in [0.1, 0.15) is 0 Å². The summed E-state index contributed by atoms with van der Waals surface area (Å²) in [4.78, 5) is 1.96. The standard InChI is InChI=1S/C15H21F3N2O/c1-10-8-20(9-11(2)21-10)13-5-4-12(7-19-3)14(6-13)15(16,17)18/h4-6,10-11,19H,7-9H2,1-3H3/t10-,11+. The van der Waals surface area contributed by atoms with Gasteiger partial charge in [-0.2, -0.15) is 13.2 Å². The van der Waals surface area contributed by atoms with Crippen LogP contribution in [0.25, 0.3) is 0 Å². The van der Waals surface area contributed by atoms with Gasteiger partial charge in [-0.3, -0.25) is 0 Å². The summed E-state index contributed by atoms with van der Waals surface area (Å²) < 4.78 is 45.2. The van der Waals surface area contributed by atoms with Gasteiger partial charge in [0.2, 0.25) is 0 Å². The van der Waals surface area contributed by atoms with Gasteiger partial charge in [-0.25, -0.2) is 0 Å². The molecule has 1 N–H and O–H groups in total. The number of rotatable bonds is 3. The fourth-order valence-electron chi connectivity index (χ4n) is 2.76. The molecule has 1 aromatic rings. The molecule has 0 aliphatic carbocycles. The fraction of sp³-hybridized carbons (Fsp3) is 0.600. The molecular weight excluding hydrogens is 281 g/mol. The largest absolute Gasteiger partial charge is 0.416 e. The van der Waals surface area contributed by atoms with E-state index in [1.807, 2.05) is 18.7 Å². The Morgan fingerprint density at radius 3 is 2.38 bits per heavy atom. The van der Waals surface area contributed by atoms with Gasteiger partial charge in [-0.05, 0) is 38.6 Å². The van der Waals surface area contributed by atoms with E-state index < -0.39 is 11.7 Å². The molecule has 1 fully saturated rings. The van der Waals surface area contributed by atoms with Crippen molar-refractivity contribution in [3.63, 3.8) is 0 Å². The number of halogens is 3. The molecule has 118 valence electrons. The van der Waals surface area contributed by atoms with E-state index in [4.69, 9.17) is 4.74 Å². The van der Waals surface area contributed by atoms with Crippen LogP contribution in [-0.4, -0.2) is 32.3 Å². The molecule has 1 saturated heterocycles. The average Bonchev–Trinajstić information content (AvgIpc) is 2.37. The molecule has 6 heteroatoms. The fourth-order valence-corrected chi connectivity index (χ4v) is 2.76. The Hall–Kier alpha value is -1.27. The molecule has 1 aliphatic heterocycles. The molecule has 3 nitrogen and oxygen atoms in total. The van der Waals surface area contributed by atoms with Gasteiger partial charge in [0.15, 0.2) is 0 Å². The second-order valence-corrected chi connectivity index (χ2v) is 5.53. The third-order valence-corrected chi connectivity index (χ3v) is 3.55. The zero-order chi connectivity index (χ0) is 15.6. The molecule has 0 amide bonds. The summed E-state index contributed by atoms with van der Waals surface area (Å²) in [5.41, 5.74) is 0.299. The Bertz CT molecular complexity index is 480. The van der Waals surface area contributed by atoms with E-state index in [9.17, 15) is 13.2 Å². The number of nitrogens with one attached hydrogen (secondary N) is 1. The minimum absolute atomic E-state index is 0.0140. The van der Waals surface area contributed by atoms with Crippen molar-refractivity contribution >= 4 is 5.69 Å². The number of hydrogen-bond donors (Lipinski definition) is 1. The van der Waals surface area contributed by atoms with E-state index in [1.165, 1.54) is 6.07 Å². The molecule has 1 heterocycles. The average molecular weight is 302 g/mol. The zero-order valence-electron chi connectivity index (χ0n) is 12.5. The normalized spacial score (nSPS) is 23.4. The van der Waals surface area contributed by atoms with Crippen LogP contribution in [0.2, 0.25) is 0 Å². The Kier molecular flexibility index (Phi) is 4.78. The molecule has 1 aliphatic rings. The lowest BCUT2D eigenvalue weighted by Gasteiger charge is -2.37. The summed E-state index contributed by atoms with van der Waals surface area (Å²) in [6.45, 7) is 5.27. The van der Waals surface area contributed by atoms with Gasteiger partial charge in [-0.15, -0.1) is 0 Å². The molecule has 2 rings (SSSR count). The summed E-state index contributed by atoms with van der Waals surface area (Å²) in [6, 6.07) is 4.56. The van der Waals surface area contributed by atoms with Crippen molar-refractivity contribution < 1.29 is 17.9 Å². The highest BCUT2D eigenvalue weighted by atomic mass is 19.4. The van der Waals surface area contributed by atoms with Crippen molar-refractivity contribution in [2.75, 3.05) is 25.0 Å². The lowest BCUT2D eigenvalue weighted by Crippen LogP contribution is -2.45. The summed E-state index contributed by atoms with van der Waals surface area (Å²) in [6.07, 6.45) is -4.31. The summed E-state index contributed by atoms with van der Waals surface area (Å²) in [7, 11) is 1.64. The van der Waals surface area contributed by atoms with Crippen LogP contribution in [0.4, 0.5) is 18.9 Å². The van der Waals surface area contributed by atoms with Crippen LogP contribution in [0.5, 0.6) is 0 Å². The van der Waals surface area contributed by atoms with Gasteiger partial charge in [0.25, 0.3) is 0 Å². The SMILES string of the molecule is CNCc1ccc(N2C[C@@H](C)O[C@@H](C)C2)cc1C(F)(F)F. The van der Waals surface area contributed by atoms with E-state index >= 15 is 0 Å². The smallest absolute Gasteiger partial charge is 0.372 e. The monoisotopic (exact) mass is 302 g/mol. The summed E-state index contributed by atoms with van der Waals surface area (Å²) in [5.74, 6) is 0. The quantitative estimate of drug-likeness (QED) is 0.929. The van der Waals surface area contributed by atoms with Gasteiger partial charge >= 0.3 is 6.18 Å². The maximum Gasteiger partial charge on any atom is 0.416 e. The third-order valence-electron chi connectivity index (χ3n) is 3.55. The lowest BCUT2D eigenvalue weighted by atomic mass is 10.0. The van der Waals surface area contributed by atoms with Crippen molar-refractivity contribution in [1.29, 1.82) is 0 Å². The van der Waals surface area contributed by atoms with Crippen molar-refractivity contribution in [2.24, 2.45) is 0 Å². The minimum atomic E-state index is -4.34. The molecule has 0 radical (unpaired) electrons. The maximum atomic E-state index is 13.2. The number of alkyl halides is 3. The van der Waals surface area contributed by atoms with Crippen LogP contribution in [-0.2, 0) is 17.5 Å². The van der Waals surface area contributed by atoms with Gasteiger partial charge in [-0.1, -0.05) is 6.07 Å². The van der Waals surface area contributed by atoms with E-state index in [1.54, 1.807) is 19.2 Å². The van der Waals surface area contributed by atoms with Crippen LogP contribution in [0.15, 0.2) is 18.2 Å². The number of morpholine rings is 1. The van der Waals surface area contributed by atoms with E-state index in [0.29, 0.717) is 18.8 Å². The molecule has 1 aromatic carbocycles. The lowest BCUT2D eigenvalue weighted by molar-refractivity contribution is -0.138. The summed E-state index contributed by atoms with van der Waals surface area (Å²) >= 11 is 0. The van der Waals surface area contributed by atoms with E-state index in [-0.39, 0.29) is 24.3 Å². The van der Waals surface area contributed by atoms with Crippen LogP contribution in [0.3, 0.4) is 0 Å². The second kappa shape index (κ2) is 6.23. The third kappa shape index (κ3) is 3.89. The highest BCUT2D eigenvalue weighted by Gasteiger charge is 2.34. The van der Waals surface area contributed by atoms with Gasteiger partial charge in [0, 0.05) is 25.3 Å². The van der Waals surface area contributed by atoms with Crippen LogP contribution in [0, 0.1) is 0 Å². The molecule has 0 unspecified atom stereocenters. The topological polar surface area (TPSA) is 24.5 Å². The molecule has 2 atom stereocenters. The second-order valence-electron chi connectivity index (χ2n) is 5.53. The molecular formula is C15H21F3N2O. The minimum Gasteiger partial charge on any atom is -0.372 e. The first kappa shape index (κ1) is 16.1. The van der Waals surface area contributed by atoms with Crippen molar-refractivity contribution in [2.45, 2.75) is 38.8 Å². The number of benzene rings is 1.